The Morgan fingerprint density at radius 3 is 1.00 bits per heavy atom. The maximum Gasteiger partial charge on any atom is 0.316 e. The maximum atomic E-state index is 12.6. The molecule has 49 heavy (non-hydrogen) atoms. The van der Waals surface area contributed by atoms with Gasteiger partial charge in [0.05, 0.1) is 34.7 Å². The van der Waals surface area contributed by atoms with Crippen molar-refractivity contribution in [3.8, 4) is 23.0 Å². The van der Waals surface area contributed by atoms with Crippen LogP contribution in [0.25, 0.3) is 0 Å². The van der Waals surface area contributed by atoms with Crippen LogP contribution in [0.1, 0.15) is 94.2 Å². The van der Waals surface area contributed by atoms with Gasteiger partial charge in [0, 0.05) is 13.1 Å². The minimum Gasteiger partial charge on any atom is -0.422 e. The number of ether oxygens (including phenoxy) is 4. The van der Waals surface area contributed by atoms with Gasteiger partial charge in [0.1, 0.15) is 0 Å². The number of hydrogen-bond acceptors (Lipinski definition) is 11. The minimum absolute atomic E-state index is 0. The van der Waals surface area contributed by atoms with Crippen LogP contribution in [0.2, 0.25) is 0 Å². The molecule has 0 atom stereocenters. The van der Waals surface area contributed by atoms with Crippen LogP contribution < -0.4 is 29.6 Å². The third-order valence-corrected chi connectivity index (χ3v) is 6.58. The maximum absolute atomic E-state index is 12.6. The van der Waals surface area contributed by atoms with Crippen LogP contribution in [0, 0.1) is 21.7 Å². The van der Waals surface area contributed by atoms with Crippen LogP contribution in [-0.2, 0) is 37.1 Å². The molecule has 0 fully saturated rings. The first-order valence-electron chi connectivity index (χ1n) is 16.0. The molecule has 0 saturated heterocycles. The Hall–Kier alpha value is -3.80. The highest BCUT2D eigenvalue weighted by Gasteiger charge is 2.30. The summed E-state index contributed by atoms with van der Waals surface area (Å²) in [6.45, 7) is 21.4. The second-order valence-corrected chi connectivity index (χ2v) is 15.9. The molecule has 0 aliphatic heterocycles. The molecule has 0 amide bonds. The summed E-state index contributed by atoms with van der Waals surface area (Å²) in [5.41, 5.74) is -1.64. The van der Waals surface area contributed by atoms with E-state index >= 15 is 0 Å². The van der Waals surface area contributed by atoms with E-state index in [0.29, 0.717) is 11.1 Å². The lowest BCUT2D eigenvalue weighted by Crippen LogP contribution is -2.31. The molecule has 0 unspecified atom stereocenters. The van der Waals surface area contributed by atoms with E-state index in [4.69, 9.17) is 18.9 Å². The molecular formula is C37H53ClN2O9. The van der Waals surface area contributed by atoms with Crippen molar-refractivity contribution in [2.75, 3.05) is 13.1 Å². The molecule has 12 heteroatoms. The van der Waals surface area contributed by atoms with Crippen molar-refractivity contribution in [2.24, 2.45) is 21.7 Å². The fourth-order valence-electron chi connectivity index (χ4n) is 3.42. The Morgan fingerprint density at radius 1 is 0.469 bits per heavy atom. The lowest BCUT2D eigenvalue weighted by molar-refractivity contribution is -0.145. The zero-order valence-electron chi connectivity index (χ0n) is 30.9. The van der Waals surface area contributed by atoms with Gasteiger partial charge in [-0.1, -0.05) is 12.1 Å². The number of carbonyl (C=O) groups is 5. The quantitative estimate of drug-likeness (QED) is 0.188. The van der Waals surface area contributed by atoms with Gasteiger partial charge in [-0.3, -0.25) is 24.0 Å². The van der Waals surface area contributed by atoms with Crippen LogP contribution in [0.4, 0.5) is 0 Å². The van der Waals surface area contributed by atoms with Gasteiger partial charge < -0.3 is 29.6 Å². The Morgan fingerprint density at radius 2 is 0.735 bits per heavy atom. The van der Waals surface area contributed by atoms with E-state index in [1.807, 2.05) is 0 Å². The SMILES string of the molecule is CC(C)(C)C(=O)Oc1ccc(CNCC(=O)CNCc2ccc(OC(=O)C(C)(C)C)c(OC(=O)C(C)(C)C)c2)cc1OC(=O)C(C)(C)C.Cl. The third-order valence-electron chi connectivity index (χ3n) is 6.58. The molecular weight excluding hydrogens is 652 g/mol. The molecule has 0 radical (unpaired) electrons. The standard InChI is InChI=1S/C37H52N2O9.ClH/c1-34(2,3)30(41)45-26-15-13-23(17-28(26)47-32(43)36(7,8)9)19-38-21-25(40)22-39-20-24-14-16-27(46-31(42)35(4,5)6)29(18-24)48-33(44)37(10,11)12;/h13-18,38-39H,19-22H2,1-12H3;1H. The molecule has 2 rings (SSSR count). The smallest absolute Gasteiger partial charge is 0.316 e. The van der Waals surface area contributed by atoms with Gasteiger partial charge in [-0.15, -0.1) is 12.4 Å². The van der Waals surface area contributed by atoms with Gasteiger partial charge in [0.2, 0.25) is 0 Å². The van der Waals surface area contributed by atoms with Gasteiger partial charge in [0.25, 0.3) is 0 Å². The molecule has 2 aromatic rings. The second-order valence-electron chi connectivity index (χ2n) is 15.9. The summed E-state index contributed by atoms with van der Waals surface area (Å²) in [6, 6.07) is 9.80. The van der Waals surface area contributed by atoms with Gasteiger partial charge in [-0.05, 0) is 118 Å². The molecule has 0 saturated carbocycles. The number of hydrogen-bond donors (Lipinski definition) is 2. The molecule has 0 heterocycles. The highest BCUT2D eigenvalue weighted by molar-refractivity contribution is 5.85. The predicted molar refractivity (Wildman–Crippen MR) is 189 cm³/mol. The van der Waals surface area contributed by atoms with Crippen LogP contribution >= 0.6 is 12.4 Å². The molecule has 0 aliphatic carbocycles. The summed E-state index contributed by atoms with van der Waals surface area (Å²) in [7, 11) is 0. The highest BCUT2D eigenvalue weighted by Crippen LogP contribution is 2.34. The van der Waals surface area contributed by atoms with Crippen molar-refractivity contribution in [1.29, 1.82) is 0 Å². The van der Waals surface area contributed by atoms with Crippen molar-refractivity contribution in [2.45, 2.75) is 96.2 Å². The number of Topliss-reactive ketones (excluding diaryl/α,β-unsaturated/α-hetero) is 1. The first-order chi connectivity index (χ1) is 21.9. The molecule has 2 aromatic carbocycles. The van der Waals surface area contributed by atoms with Crippen molar-refractivity contribution in [1.82, 2.24) is 10.6 Å². The second kappa shape index (κ2) is 17.2. The van der Waals surface area contributed by atoms with Gasteiger partial charge >= 0.3 is 23.9 Å². The van der Waals surface area contributed by atoms with Gasteiger partial charge in [-0.25, -0.2) is 0 Å². The normalized spacial score (nSPS) is 12.0. The van der Waals surface area contributed by atoms with Crippen LogP contribution in [0.3, 0.4) is 0 Å². The first-order valence-corrected chi connectivity index (χ1v) is 16.0. The summed E-state index contributed by atoms with van der Waals surface area (Å²) in [5, 5.41) is 6.17. The van der Waals surface area contributed by atoms with E-state index < -0.39 is 45.5 Å². The number of nitrogens with one attached hydrogen (secondary N) is 2. The molecule has 272 valence electrons. The summed E-state index contributed by atoms with van der Waals surface area (Å²) in [5.74, 6) is -1.52. The van der Waals surface area contributed by atoms with Crippen LogP contribution in [0.15, 0.2) is 36.4 Å². The number of ketones is 1. The molecule has 2 N–H and O–H groups in total. The van der Waals surface area contributed by atoms with E-state index in [2.05, 4.69) is 10.6 Å². The van der Waals surface area contributed by atoms with E-state index in [9.17, 15) is 24.0 Å². The van der Waals surface area contributed by atoms with E-state index in [1.54, 1.807) is 119 Å². The van der Waals surface area contributed by atoms with Gasteiger partial charge in [0.15, 0.2) is 28.8 Å². The van der Waals surface area contributed by atoms with E-state index in [-0.39, 0.29) is 67.4 Å². The van der Waals surface area contributed by atoms with Crippen LogP contribution in [-0.4, -0.2) is 42.7 Å². The number of benzene rings is 2. The largest absolute Gasteiger partial charge is 0.422 e. The Balaban J connectivity index is 0.0000120. The fourth-order valence-corrected chi connectivity index (χ4v) is 3.42. The zero-order valence-corrected chi connectivity index (χ0v) is 31.7. The minimum atomic E-state index is -0.779. The average Bonchev–Trinajstić information content (AvgIpc) is 2.93. The number of esters is 4. The Bertz CT molecular complexity index is 1400. The third kappa shape index (κ3) is 14.3. The monoisotopic (exact) mass is 704 g/mol. The van der Waals surface area contributed by atoms with Crippen LogP contribution in [0.5, 0.6) is 23.0 Å². The molecule has 0 aromatic heterocycles. The molecule has 0 bridgehead atoms. The molecule has 11 nitrogen and oxygen atoms in total. The summed E-state index contributed by atoms with van der Waals surface area (Å²) >= 11 is 0. The first kappa shape index (κ1) is 43.2. The summed E-state index contributed by atoms with van der Waals surface area (Å²) in [6.07, 6.45) is 0. The van der Waals surface area contributed by atoms with E-state index in [0.717, 1.165) is 0 Å². The summed E-state index contributed by atoms with van der Waals surface area (Å²) in [4.78, 5) is 62.9. The Labute approximate surface area is 296 Å². The summed E-state index contributed by atoms with van der Waals surface area (Å²) < 4.78 is 22.3. The van der Waals surface area contributed by atoms with Crippen molar-refractivity contribution in [3.05, 3.63) is 47.5 Å². The fraction of sp³-hybridized carbons (Fsp3) is 0.541. The predicted octanol–water partition coefficient (Wildman–Crippen LogP) is 6.36. The van der Waals surface area contributed by atoms with Crippen molar-refractivity contribution in [3.63, 3.8) is 0 Å². The van der Waals surface area contributed by atoms with Crippen molar-refractivity contribution >= 4 is 42.1 Å². The molecule has 0 aliphatic rings. The molecule has 0 spiro atoms. The topological polar surface area (TPSA) is 146 Å². The van der Waals surface area contributed by atoms with Crippen molar-refractivity contribution < 1.29 is 42.9 Å². The lowest BCUT2D eigenvalue weighted by atomic mass is 9.97. The lowest BCUT2D eigenvalue weighted by Gasteiger charge is -2.21. The number of rotatable bonds is 12. The number of halogens is 1. The highest BCUT2D eigenvalue weighted by atomic mass is 35.5. The zero-order chi connectivity index (χ0) is 36.7. The average molecular weight is 705 g/mol. The Kier molecular flexibility index (Phi) is 15.2. The van der Waals surface area contributed by atoms with E-state index in [1.165, 1.54) is 0 Å². The van der Waals surface area contributed by atoms with Gasteiger partial charge in [-0.2, -0.15) is 0 Å². The number of carbonyl (C=O) groups excluding carboxylic acids is 5.